The molecule has 1 unspecified atom stereocenters. The van der Waals surface area contributed by atoms with E-state index in [9.17, 15) is 4.79 Å². The maximum atomic E-state index is 12.5. The Bertz CT molecular complexity index is 759. The molecule has 1 saturated heterocycles. The average molecular weight is 338 g/mol. The number of benzene rings is 1. The molecule has 1 aliphatic rings. The summed E-state index contributed by atoms with van der Waals surface area (Å²) in [5.41, 5.74) is 3.53. The normalized spacial score (nSPS) is 17.4. The number of nitrogens with one attached hydrogen (secondary N) is 1. The summed E-state index contributed by atoms with van der Waals surface area (Å²) in [4.78, 5) is 23.8. The number of aromatic nitrogens is 2. The van der Waals surface area contributed by atoms with Crippen molar-refractivity contribution in [1.82, 2.24) is 15.3 Å². The van der Waals surface area contributed by atoms with E-state index < -0.39 is 0 Å². The molecule has 0 spiro atoms. The van der Waals surface area contributed by atoms with Gasteiger partial charge in [-0.15, -0.1) is 0 Å². The molecule has 1 fully saturated rings. The number of amides is 1. The van der Waals surface area contributed by atoms with Gasteiger partial charge in [-0.2, -0.15) is 0 Å². The molecule has 5 nitrogen and oxygen atoms in total. The highest BCUT2D eigenvalue weighted by atomic mass is 16.1. The van der Waals surface area contributed by atoms with Crippen molar-refractivity contribution in [3.8, 4) is 0 Å². The van der Waals surface area contributed by atoms with Crippen LogP contribution < -0.4 is 10.2 Å². The highest BCUT2D eigenvalue weighted by Crippen LogP contribution is 2.20. The summed E-state index contributed by atoms with van der Waals surface area (Å²) < 4.78 is 0. The third-order valence-corrected chi connectivity index (χ3v) is 4.55. The van der Waals surface area contributed by atoms with Crippen molar-refractivity contribution in [3.63, 3.8) is 0 Å². The molecule has 3 rings (SSSR count). The molecule has 25 heavy (non-hydrogen) atoms. The first kappa shape index (κ1) is 17.4. The van der Waals surface area contributed by atoms with E-state index in [1.54, 1.807) is 6.07 Å². The van der Waals surface area contributed by atoms with E-state index in [-0.39, 0.29) is 5.91 Å². The summed E-state index contributed by atoms with van der Waals surface area (Å²) >= 11 is 0. The first-order valence-electron chi connectivity index (χ1n) is 8.95. The molecule has 1 aliphatic heterocycles. The zero-order chi connectivity index (χ0) is 17.8. The molecule has 1 N–H and O–H groups in total. The van der Waals surface area contributed by atoms with E-state index in [1.165, 1.54) is 12.0 Å². The van der Waals surface area contributed by atoms with Crippen molar-refractivity contribution in [1.29, 1.82) is 0 Å². The van der Waals surface area contributed by atoms with Crippen LogP contribution in [0.2, 0.25) is 0 Å². The van der Waals surface area contributed by atoms with Crippen LogP contribution in [0.4, 0.5) is 5.95 Å². The molecule has 5 heteroatoms. The van der Waals surface area contributed by atoms with Gasteiger partial charge in [0.1, 0.15) is 5.69 Å². The van der Waals surface area contributed by atoms with Gasteiger partial charge in [0.25, 0.3) is 5.91 Å². The van der Waals surface area contributed by atoms with Crippen LogP contribution in [0.3, 0.4) is 0 Å². The van der Waals surface area contributed by atoms with E-state index in [4.69, 9.17) is 0 Å². The molecule has 1 amide bonds. The van der Waals surface area contributed by atoms with Crippen LogP contribution in [0.5, 0.6) is 0 Å². The quantitative estimate of drug-likeness (QED) is 0.929. The van der Waals surface area contributed by atoms with E-state index in [1.807, 2.05) is 32.0 Å². The standard InChI is InChI=1S/C20H26N4O/c1-14-6-4-8-17(10-14)12-21-19(25)18-11-16(3)22-20(23-18)24-9-5-7-15(2)13-24/h4,6,8,10-11,15H,5,7,9,12-13H2,1-3H3,(H,21,25). The molecule has 132 valence electrons. The van der Waals surface area contributed by atoms with Crippen LogP contribution in [-0.2, 0) is 6.54 Å². The van der Waals surface area contributed by atoms with Crippen molar-refractivity contribution in [2.24, 2.45) is 5.92 Å². The summed E-state index contributed by atoms with van der Waals surface area (Å²) in [6, 6.07) is 9.89. The number of hydrogen-bond donors (Lipinski definition) is 1. The Balaban J connectivity index is 1.71. The van der Waals surface area contributed by atoms with Crippen molar-refractivity contribution >= 4 is 11.9 Å². The molecule has 1 aromatic carbocycles. The molecule has 2 heterocycles. The van der Waals surface area contributed by atoms with Gasteiger partial charge in [0.15, 0.2) is 0 Å². The second-order valence-corrected chi connectivity index (χ2v) is 7.06. The molecular weight excluding hydrogens is 312 g/mol. The topological polar surface area (TPSA) is 58.1 Å². The maximum absolute atomic E-state index is 12.5. The van der Waals surface area contributed by atoms with Crippen LogP contribution in [0, 0.1) is 19.8 Å². The Morgan fingerprint density at radius 1 is 1.28 bits per heavy atom. The largest absolute Gasteiger partial charge is 0.347 e. The zero-order valence-electron chi connectivity index (χ0n) is 15.2. The number of rotatable bonds is 4. The van der Waals surface area contributed by atoms with Gasteiger partial charge < -0.3 is 10.2 Å². The second kappa shape index (κ2) is 7.64. The highest BCUT2D eigenvalue weighted by molar-refractivity contribution is 5.92. The lowest BCUT2D eigenvalue weighted by atomic mass is 10.0. The minimum Gasteiger partial charge on any atom is -0.347 e. The first-order chi connectivity index (χ1) is 12.0. The second-order valence-electron chi connectivity index (χ2n) is 7.06. The lowest BCUT2D eigenvalue weighted by molar-refractivity contribution is 0.0945. The number of nitrogens with zero attached hydrogens (tertiary/aromatic N) is 3. The molecule has 0 bridgehead atoms. The van der Waals surface area contributed by atoms with Crippen molar-refractivity contribution in [2.45, 2.75) is 40.2 Å². The van der Waals surface area contributed by atoms with Crippen molar-refractivity contribution in [3.05, 3.63) is 52.8 Å². The van der Waals surface area contributed by atoms with Crippen LogP contribution in [0.1, 0.15) is 47.1 Å². The van der Waals surface area contributed by atoms with Gasteiger partial charge in [-0.3, -0.25) is 4.79 Å². The van der Waals surface area contributed by atoms with Gasteiger partial charge in [-0.1, -0.05) is 36.8 Å². The molecule has 2 aromatic rings. The van der Waals surface area contributed by atoms with Gasteiger partial charge in [0.2, 0.25) is 5.95 Å². The summed E-state index contributed by atoms with van der Waals surface area (Å²) in [5, 5.41) is 2.96. The number of aryl methyl sites for hydroxylation is 2. The Morgan fingerprint density at radius 2 is 2.12 bits per heavy atom. The van der Waals surface area contributed by atoms with Gasteiger partial charge in [-0.05, 0) is 44.2 Å². The third kappa shape index (κ3) is 4.56. The average Bonchev–Trinajstić information content (AvgIpc) is 2.59. The Hall–Kier alpha value is -2.43. The Morgan fingerprint density at radius 3 is 2.88 bits per heavy atom. The summed E-state index contributed by atoms with van der Waals surface area (Å²) in [7, 11) is 0. The lowest BCUT2D eigenvalue weighted by Crippen LogP contribution is -2.36. The fourth-order valence-electron chi connectivity index (χ4n) is 3.28. The molecule has 1 atom stereocenters. The van der Waals surface area contributed by atoms with Gasteiger partial charge in [0, 0.05) is 25.3 Å². The number of carbonyl (C=O) groups excluding carboxylic acids is 1. The highest BCUT2D eigenvalue weighted by Gasteiger charge is 2.20. The van der Waals surface area contributed by atoms with Gasteiger partial charge in [0.05, 0.1) is 0 Å². The molecule has 0 saturated carbocycles. The minimum atomic E-state index is -0.154. The minimum absolute atomic E-state index is 0.154. The first-order valence-corrected chi connectivity index (χ1v) is 8.95. The van der Waals surface area contributed by atoms with Gasteiger partial charge in [-0.25, -0.2) is 9.97 Å². The van der Waals surface area contributed by atoms with Crippen LogP contribution in [0.25, 0.3) is 0 Å². The predicted molar refractivity (Wildman–Crippen MR) is 99.7 cm³/mol. The van der Waals surface area contributed by atoms with E-state index >= 15 is 0 Å². The van der Waals surface area contributed by atoms with E-state index in [2.05, 4.69) is 33.2 Å². The zero-order valence-corrected chi connectivity index (χ0v) is 15.2. The smallest absolute Gasteiger partial charge is 0.270 e. The monoisotopic (exact) mass is 338 g/mol. The Kier molecular flexibility index (Phi) is 5.31. The van der Waals surface area contributed by atoms with Crippen LogP contribution in [0.15, 0.2) is 30.3 Å². The van der Waals surface area contributed by atoms with Crippen LogP contribution >= 0.6 is 0 Å². The Labute approximate surface area is 149 Å². The predicted octanol–water partition coefficient (Wildman–Crippen LogP) is 3.26. The van der Waals surface area contributed by atoms with Crippen LogP contribution in [-0.4, -0.2) is 29.0 Å². The third-order valence-electron chi connectivity index (χ3n) is 4.55. The molecule has 1 aromatic heterocycles. The van der Waals surface area contributed by atoms with E-state index in [0.717, 1.165) is 30.8 Å². The molecule has 0 aliphatic carbocycles. The summed E-state index contributed by atoms with van der Waals surface area (Å²) in [6.07, 6.45) is 2.39. The number of carbonyl (C=O) groups is 1. The fourth-order valence-corrected chi connectivity index (χ4v) is 3.28. The van der Waals surface area contributed by atoms with Crippen molar-refractivity contribution < 1.29 is 4.79 Å². The summed E-state index contributed by atoms with van der Waals surface area (Å²) in [6.45, 7) is 8.61. The summed E-state index contributed by atoms with van der Waals surface area (Å²) in [5.74, 6) is 1.15. The van der Waals surface area contributed by atoms with Gasteiger partial charge >= 0.3 is 0 Å². The number of anilines is 1. The van der Waals surface area contributed by atoms with E-state index in [0.29, 0.717) is 24.1 Å². The number of piperidine rings is 1. The van der Waals surface area contributed by atoms with Crippen molar-refractivity contribution in [2.75, 3.05) is 18.0 Å². The number of hydrogen-bond acceptors (Lipinski definition) is 4. The SMILES string of the molecule is Cc1cccc(CNC(=O)c2cc(C)nc(N3CCCC(C)C3)n2)c1. The maximum Gasteiger partial charge on any atom is 0.270 e. The fraction of sp³-hybridized carbons (Fsp3) is 0.450. The molecule has 0 radical (unpaired) electrons. The lowest BCUT2D eigenvalue weighted by Gasteiger charge is -2.31. The molecular formula is C20H26N4O.